The minimum atomic E-state index is -2.94. The van der Waals surface area contributed by atoms with Gasteiger partial charge in [0.05, 0.1) is 18.7 Å². The Morgan fingerprint density at radius 1 is 1.14 bits per heavy atom. The van der Waals surface area contributed by atoms with Gasteiger partial charge in [-0.05, 0) is 45.4 Å². The van der Waals surface area contributed by atoms with Gasteiger partial charge in [0.25, 0.3) is 6.43 Å². The second kappa shape index (κ2) is 8.31. The Bertz CT molecular complexity index is 769. The number of halogens is 3. The number of nitrogens with one attached hydrogen (secondary N) is 2. The molecular formula is C20H27F3N4O2. The highest BCUT2D eigenvalue weighted by atomic mass is 19.3. The van der Waals surface area contributed by atoms with Crippen LogP contribution in [0.5, 0.6) is 0 Å². The van der Waals surface area contributed by atoms with Crippen LogP contribution in [0.4, 0.5) is 18.9 Å². The van der Waals surface area contributed by atoms with Gasteiger partial charge in [0.1, 0.15) is 5.82 Å². The first-order chi connectivity index (χ1) is 13.5. The highest BCUT2D eigenvalue weighted by Crippen LogP contribution is 2.32. The summed E-state index contributed by atoms with van der Waals surface area (Å²) >= 11 is 0. The molecule has 2 unspecified atom stereocenters. The number of hydrogen-bond acceptors (Lipinski definition) is 4. The molecule has 9 heteroatoms. The van der Waals surface area contributed by atoms with E-state index in [2.05, 4.69) is 15.5 Å². The number of nitrogens with zero attached hydrogens (tertiary/aromatic N) is 2. The van der Waals surface area contributed by atoms with Crippen LogP contribution >= 0.6 is 0 Å². The zero-order chi connectivity index (χ0) is 21.3. The molecule has 3 heterocycles. The Kier molecular flexibility index (Phi) is 6.19. The second-order valence-corrected chi connectivity index (χ2v) is 8.79. The molecule has 4 rings (SSSR count). The molecule has 160 valence electrons. The van der Waals surface area contributed by atoms with Gasteiger partial charge in [-0.15, -0.1) is 0 Å². The molecule has 29 heavy (non-hydrogen) atoms. The third kappa shape index (κ3) is 5.48. The van der Waals surface area contributed by atoms with Crippen molar-refractivity contribution in [2.45, 2.75) is 51.2 Å². The summed E-state index contributed by atoms with van der Waals surface area (Å²) in [7, 11) is 0. The number of rotatable bonds is 6. The first kappa shape index (κ1) is 21.6. The van der Waals surface area contributed by atoms with E-state index in [-0.39, 0.29) is 41.7 Å². The summed E-state index contributed by atoms with van der Waals surface area (Å²) in [6.07, 6.45) is -1.95. The molecule has 2 atom stereocenters. The first-order valence-corrected chi connectivity index (χ1v) is 9.68. The molecule has 3 aliphatic heterocycles. The van der Waals surface area contributed by atoms with Crippen molar-refractivity contribution in [1.82, 2.24) is 15.1 Å². The number of fused-ring (bicyclic) bond motifs is 2. The lowest BCUT2D eigenvalue weighted by Crippen LogP contribution is -2.70. The topological polar surface area (TPSA) is 64.7 Å². The van der Waals surface area contributed by atoms with Crippen LogP contribution in [0.3, 0.4) is 0 Å². The van der Waals surface area contributed by atoms with Crippen molar-refractivity contribution in [2.24, 2.45) is 0 Å². The van der Waals surface area contributed by atoms with Gasteiger partial charge in [-0.2, -0.15) is 0 Å². The average molecular weight is 412 g/mol. The van der Waals surface area contributed by atoms with Crippen molar-refractivity contribution in [2.75, 3.05) is 31.5 Å². The first-order valence-electron chi connectivity index (χ1n) is 9.68. The van der Waals surface area contributed by atoms with E-state index in [0.717, 1.165) is 18.6 Å². The summed E-state index contributed by atoms with van der Waals surface area (Å²) in [5, 5.41) is 5.51. The maximum atomic E-state index is 13.4. The lowest BCUT2D eigenvalue weighted by atomic mass is 9.87. The Morgan fingerprint density at radius 2 is 1.79 bits per heavy atom. The molecule has 1 aromatic carbocycles. The van der Waals surface area contributed by atoms with Crippen LogP contribution in [-0.2, 0) is 9.59 Å². The number of hydrogen-bond donors (Lipinski definition) is 2. The SMILES string of the molecule is CC(C)(C)NC(=O)CN1C2CC1CN(CC(=O)Nc1ccc(F)c(C(F)F)c1)C2. The minimum Gasteiger partial charge on any atom is -0.350 e. The van der Waals surface area contributed by atoms with E-state index < -0.39 is 17.8 Å². The maximum Gasteiger partial charge on any atom is 0.266 e. The van der Waals surface area contributed by atoms with Gasteiger partial charge in [0.15, 0.2) is 0 Å². The largest absolute Gasteiger partial charge is 0.350 e. The minimum absolute atomic E-state index is 0.00969. The fraction of sp³-hybridized carbons (Fsp3) is 0.600. The molecule has 3 aliphatic rings. The average Bonchev–Trinajstić information content (AvgIpc) is 2.59. The van der Waals surface area contributed by atoms with Crippen molar-refractivity contribution in [3.05, 3.63) is 29.6 Å². The Balaban J connectivity index is 1.48. The van der Waals surface area contributed by atoms with Crippen LogP contribution < -0.4 is 10.6 Å². The van der Waals surface area contributed by atoms with E-state index in [9.17, 15) is 22.8 Å². The van der Waals surface area contributed by atoms with Gasteiger partial charge in [-0.1, -0.05) is 0 Å². The van der Waals surface area contributed by atoms with Gasteiger partial charge in [0, 0.05) is 36.4 Å². The van der Waals surface area contributed by atoms with Crippen LogP contribution in [0.15, 0.2) is 18.2 Å². The monoisotopic (exact) mass is 412 g/mol. The number of piperidine rings is 1. The van der Waals surface area contributed by atoms with Gasteiger partial charge < -0.3 is 10.6 Å². The molecule has 2 bridgehead atoms. The summed E-state index contributed by atoms with van der Waals surface area (Å²) in [5.41, 5.74) is -0.855. The number of piperazine rings is 1. The predicted molar refractivity (Wildman–Crippen MR) is 103 cm³/mol. The van der Waals surface area contributed by atoms with Gasteiger partial charge in [0.2, 0.25) is 11.8 Å². The van der Waals surface area contributed by atoms with E-state index in [1.807, 2.05) is 25.7 Å². The molecular weight excluding hydrogens is 385 g/mol. The van der Waals surface area contributed by atoms with Crippen molar-refractivity contribution in [3.8, 4) is 0 Å². The van der Waals surface area contributed by atoms with Gasteiger partial charge >= 0.3 is 0 Å². The third-order valence-corrected chi connectivity index (χ3v) is 5.14. The molecule has 0 aromatic heterocycles. The van der Waals surface area contributed by atoms with Crippen molar-refractivity contribution in [3.63, 3.8) is 0 Å². The van der Waals surface area contributed by atoms with Crippen LogP contribution in [0, 0.1) is 5.82 Å². The van der Waals surface area contributed by atoms with Crippen LogP contribution in [0.25, 0.3) is 0 Å². The van der Waals surface area contributed by atoms with Crippen LogP contribution in [0.1, 0.15) is 39.2 Å². The highest BCUT2D eigenvalue weighted by molar-refractivity contribution is 5.92. The fourth-order valence-electron chi connectivity index (χ4n) is 3.98. The van der Waals surface area contributed by atoms with E-state index in [1.54, 1.807) is 0 Å². The molecule has 2 amide bonds. The number of anilines is 1. The lowest BCUT2D eigenvalue weighted by Gasteiger charge is -2.56. The van der Waals surface area contributed by atoms with Crippen molar-refractivity contribution in [1.29, 1.82) is 0 Å². The predicted octanol–water partition coefficient (Wildman–Crippen LogP) is 2.38. The summed E-state index contributed by atoms with van der Waals surface area (Å²) < 4.78 is 38.9. The summed E-state index contributed by atoms with van der Waals surface area (Å²) in [6.45, 7) is 7.61. The molecule has 0 radical (unpaired) electrons. The zero-order valence-electron chi connectivity index (χ0n) is 16.8. The quantitative estimate of drug-likeness (QED) is 0.753. The zero-order valence-corrected chi connectivity index (χ0v) is 16.8. The van der Waals surface area contributed by atoms with Gasteiger partial charge in [-0.25, -0.2) is 13.2 Å². The number of amides is 2. The number of benzene rings is 1. The number of carbonyl (C=O) groups excluding carboxylic acids is 2. The second-order valence-electron chi connectivity index (χ2n) is 8.79. The summed E-state index contributed by atoms with van der Waals surface area (Å²) in [4.78, 5) is 28.6. The molecule has 2 N–H and O–H groups in total. The van der Waals surface area contributed by atoms with Gasteiger partial charge in [-0.3, -0.25) is 19.4 Å². The third-order valence-electron chi connectivity index (χ3n) is 5.14. The Labute approximate surface area is 168 Å². The Hall–Kier alpha value is -2.13. The normalized spacial score (nSPS) is 22.3. The molecule has 3 saturated heterocycles. The number of alkyl halides is 2. The molecule has 6 nitrogen and oxygen atoms in total. The maximum absolute atomic E-state index is 13.4. The van der Waals surface area contributed by atoms with E-state index in [4.69, 9.17) is 0 Å². The summed E-state index contributed by atoms with van der Waals surface area (Å²) in [5.74, 6) is -1.34. The van der Waals surface area contributed by atoms with Crippen molar-refractivity contribution < 1.29 is 22.8 Å². The molecule has 3 fully saturated rings. The van der Waals surface area contributed by atoms with E-state index in [1.165, 1.54) is 6.07 Å². The van der Waals surface area contributed by atoms with Crippen LogP contribution in [0.2, 0.25) is 0 Å². The molecule has 0 spiro atoms. The summed E-state index contributed by atoms with van der Waals surface area (Å²) in [6, 6.07) is 3.60. The molecule has 0 saturated carbocycles. The number of carbonyl (C=O) groups is 2. The van der Waals surface area contributed by atoms with E-state index >= 15 is 0 Å². The molecule has 1 aromatic rings. The van der Waals surface area contributed by atoms with E-state index in [0.29, 0.717) is 19.6 Å². The molecule has 0 aliphatic carbocycles. The lowest BCUT2D eigenvalue weighted by molar-refractivity contribution is -0.134. The Morgan fingerprint density at radius 3 is 2.38 bits per heavy atom. The van der Waals surface area contributed by atoms with Crippen molar-refractivity contribution >= 4 is 17.5 Å². The fourth-order valence-corrected chi connectivity index (χ4v) is 3.98. The van der Waals surface area contributed by atoms with Crippen LogP contribution in [-0.4, -0.2) is 65.4 Å². The smallest absolute Gasteiger partial charge is 0.266 e. The standard InChI is InChI=1S/C20H27F3N4O2/c1-20(2,3)25-18(29)11-27-13-7-14(27)9-26(8-13)10-17(28)24-12-4-5-16(21)15(6-12)19(22)23/h4-6,13-14,19H,7-11H2,1-3H3,(H,24,28)(H,25,29). The highest BCUT2D eigenvalue weighted by Gasteiger charge is 2.45.